The van der Waals surface area contributed by atoms with Crippen molar-refractivity contribution in [2.24, 2.45) is 7.05 Å². The fourth-order valence-corrected chi connectivity index (χ4v) is 2.13. The number of likely N-dealkylation sites (N-methyl/N-ethyl adjacent to an activating group) is 1. The lowest BCUT2D eigenvalue weighted by molar-refractivity contribution is 0.666. The summed E-state index contributed by atoms with van der Waals surface area (Å²) in [6.07, 6.45) is 5.15. The van der Waals surface area contributed by atoms with Gasteiger partial charge in [0, 0.05) is 30.2 Å². The molecule has 1 N–H and O–H groups in total. The van der Waals surface area contributed by atoms with E-state index in [-0.39, 0.29) is 0 Å². The molecule has 2 heteroatoms. The number of hydrogen-bond donors (Lipinski definition) is 1. The fourth-order valence-electron chi connectivity index (χ4n) is 2.13. The highest BCUT2D eigenvalue weighted by molar-refractivity contribution is 5.83. The number of nitrogens with one attached hydrogen (secondary N) is 1. The minimum absolute atomic E-state index is 0.339. The van der Waals surface area contributed by atoms with Crippen LogP contribution in [0.1, 0.15) is 19.4 Å². The number of para-hydroxylation sites is 1. The highest BCUT2D eigenvalue weighted by Gasteiger charge is 2.09. The summed E-state index contributed by atoms with van der Waals surface area (Å²) in [6, 6.07) is 8.84. The molecule has 2 aromatic rings. The summed E-state index contributed by atoms with van der Waals surface area (Å²) in [4.78, 5) is 0. The molecule has 0 fully saturated rings. The Labute approximate surface area is 110 Å². The van der Waals surface area contributed by atoms with E-state index in [9.17, 15) is 0 Å². The van der Waals surface area contributed by atoms with Crippen LogP contribution in [-0.2, 0) is 13.5 Å². The van der Waals surface area contributed by atoms with Crippen LogP contribution in [0.25, 0.3) is 10.9 Å². The molecule has 0 aliphatic heterocycles. The lowest BCUT2D eigenvalue weighted by atomic mass is 10.1. The largest absolute Gasteiger partial charge is 0.350 e. The molecule has 0 aliphatic carbocycles. The minimum Gasteiger partial charge on any atom is -0.350 e. The van der Waals surface area contributed by atoms with Crippen molar-refractivity contribution in [3.05, 3.63) is 48.7 Å². The standard InChI is InChI=1S/C14H18N2.C2H6/c1-4-12(15-2)9-11-10-16(3)14-8-6-5-7-13(11)14;1-2/h4-8,10,12,15H,1,9H2,2-3H3;1-2H3. The van der Waals surface area contributed by atoms with E-state index >= 15 is 0 Å². The molecule has 0 saturated heterocycles. The Morgan fingerprint density at radius 1 is 1.33 bits per heavy atom. The molecule has 1 atom stereocenters. The van der Waals surface area contributed by atoms with E-state index in [0.717, 1.165) is 6.42 Å². The Hall–Kier alpha value is -1.54. The van der Waals surface area contributed by atoms with Crippen molar-refractivity contribution >= 4 is 10.9 Å². The maximum Gasteiger partial charge on any atom is 0.0480 e. The molecule has 0 bridgehead atoms. The van der Waals surface area contributed by atoms with Gasteiger partial charge in [-0.3, -0.25) is 0 Å². The van der Waals surface area contributed by atoms with E-state index in [1.807, 2.05) is 27.0 Å². The van der Waals surface area contributed by atoms with E-state index < -0.39 is 0 Å². The second-order valence-electron chi connectivity index (χ2n) is 4.12. The average Bonchev–Trinajstić information content (AvgIpc) is 2.75. The molecule has 18 heavy (non-hydrogen) atoms. The molecule has 0 saturated carbocycles. The Morgan fingerprint density at radius 3 is 2.61 bits per heavy atom. The van der Waals surface area contributed by atoms with Crippen molar-refractivity contribution < 1.29 is 0 Å². The normalized spacial score (nSPS) is 11.8. The summed E-state index contributed by atoms with van der Waals surface area (Å²) in [5, 5.41) is 4.59. The smallest absolute Gasteiger partial charge is 0.0480 e. The van der Waals surface area contributed by atoms with Crippen molar-refractivity contribution in [3.8, 4) is 0 Å². The number of nitrogens with zero attached hydrogens (tertiary/aromatic N) is 1. The van der Waals surface area contributed by atoms with Crippen molar-refractivity contribution in [1.29, 1.82) is 0 Å². The first-order valence-electron chi connectivity index (χ1n) is 6.59. The van der Waals surface area contributed by atoms with Crippen LogP contribution in [0.2, 0.25) is 0 Å². The highest BCUT2D eigenvalue weighted by atomic mass is 14.9. The molecule has 0 spiro atoms. The Kier molecular flexibility index (Phi) is 5.66. The number of aromatic nitrogens is 1. The molecule has 0 aliphatic rings. The average molecular weight is 244 g/mol. The van der Waals surface area contributed by atoms with Crippen LogP contribution in [0, 0.1) is 0 Å². The monoisotopic (exact) mass is 244 g/mol. The van der Waals surface area contributed by atoms with Gasteiger partial charge in [-0.15, -0.1) is 6.58 Å². The van der Waals surface area contributed by atoms with E-state index in [2.05, 4.69) is 54.0 Å². The van der Waals surface area contributed by atoms with Gasteiger partial charge in [-0.2, -0.15) is 0 Å². The summed E-state index contributed by atoms with van der Waals surface area (Å²) < 4.78 is 2.18. The van der Waals surface area contributed by atoms with E-state index in [0.29, 0.717) is 6.04 Å². The molecule has 2 nitrogen and oxygen atoms in total. The van der Waals surface area contributed by atoms with Crippen LogP contribution in [0.15, 0.2) is 43.1 Å². The molecule has 0 radical (unpaired) electrons. The molecule has 2 rings (SSSR count). The van der Waals surface area contributed by atoms with Gasteiger partial charge in [0.15, 0.2) is 0 Å². The molecule has 0 amide bonds. The summed E-state index contributed by atoms with van der Waals surface area (Å²) >= 11 is 0. The van der Waals surface area contributed by atoms with Gasteiger partial charge in [-0.05, 0) is 25.1 Å². The predicted octanol–water partition coefficient (Wildman–Crippen LogP) is 3.52. The highest BCUT2D eigenvalue weighted by Crippen LogP contribution is 2.21. The van der Waals surface area contributed by atoms with Crippen LogP contribution in [0.3, 0.4) is 0 Å². The lowest BCUT2D eigenvalue weighted by Crippen LogP contribution is -2.24. The number of benzene rings is 1. The summed E-state index contributed by atoms with van der Waals surface area (Å²) in [5.74, 6) is 0. The Morgan fingerprint density at radius 2 is 2.00 bits per heavy atom. The molecular formula is C16H24N2. The third kappa shape index (κ3) is 3.02. The van der Waals surface area contributed by atoms with Crippen LogP contribution in [0.5, 0.6) is 0 Å². The topological polar surface area (TPSA) is 17.0 Å². The zero-order valence-corrected chi connectivity index (χ0v) is 11.9. The summed E-state index contributed by atoms with van der Waals surface area (Å²) in [6.45, 7) is 7.85. The number of hydrogen-bond acceptors (Lipinski definition) is 1. The van der Waals surface area contributed by atoms with Crippen LogP contribution in [-0.4, -0.2) is 17.7 Å². The number of fused-ring (bicyclic) bond motifs is 1. The summed E-state index contributed by atoms with van der Waals surface area (Å²) in [5.41, 5.74) is 2.66. The fraction of sp³-hybridized carbons (Fsp3) is 0.375. The zero-order valence-electron chi connectivity index (χ0n) is 11.9. The number of rotatable bonds is 4. The first kappa shape index (κ1) is 14.5. The van der Waals surface area contributed by atoms with Crippen LogP contribution in [0.4, 0.5) is 0 Å². The first-order chi connectivity index (χ1) is 8.76. The lowest BCUT2D eigenvalue weighted by Gasteiger charge is -2.09. The SMILES string of the molecule is C=CC(Cc1cn(C)c2ccccc12)NC.CC. The van der Waals surface area contributed by atoms with Gasteiger partial charge in [0.1, 0.15) is 0 Å². The maximum atomic E-state index is 3.85. The first-order valence-corrected chi connectivity index (χ1v) is 6.59. The van der Waals surface area contributed by atoms with Gasteiger partial charge in [0.2, 0.25) is 0 Å². The Balaban J connectivity index is 0.000000771. The molecule has 98 valence electrons. The number of aryl methyl sites for hydroxylation is 1. The zero-order chi connectivity index (χ0) is 13.5. The molecule has 1 unspecified atom stereocenters. The second-order valence-corrected chi connectivity index (χ2v) is 4.12. The van der Waals surface area contributed by atoms with E-state index in [4.69, 9.17) is 0 Å². The molecule has 1 aromatic heterocycles. The summed E-state index contributed by atoms with van der Waals surface area (Å²) in [7, 11) is 4.06. The van der Waals surface area contributed by atoms with Gasteiger partial charge in [0.25, 0.3) is 0 Å². The van der Waals surface area contributed by atoms with Gasteiger partial charge in [-0.1, -0.05) is 38.1 Å². The minimum atomic E-state index is 0.339. The molecule has 1 heterocycles. The molecular weight excluding hydrogens is 220 g/mol. The third-order valence-electron chi connectivity index (χ3n) is 3.07. The van der Waals surface area contributed by atoms with Gasteiger partial charge in [-0.25, -0.2) is 0 Å². The third-order valence-corrected chi connectivity index (χ3v) is 3.07. The van der Waals surface area contributed by atoms with Crippen molar-refractivity contribution in [2.75, 3.05) is 7.05 Å². The predicted molar refractivity (Wildman–Crippen MR) is 81.0 cm³/mol. The second kappa shape index (κ2) is 7.02. The van der Waals surface area contributed by atoms with Crippen molar-refractivity contribution in [3.63, 3.8) is 0 Å². The van der Waals surface area contributed by atoms with Crippen molar-refractivity contribution in [1.82, 2.24) is 9.88 Å². The van der Waals surface area contributed by atoms with E-state index in [1.54, 1.807) is 0 Å². The van der Waals surface area contributed by atoms with Gasteiger partial charge >= 0.3 is 0 Å². The van der Waals surface area contributed by atoms with Gasteiger partial charge < -0.3 is 9.88 Å². The van der Waals surface area contributed by atoms with Gasteiger partial charge in [0.05, 0.1) is 0 Å². The maximum absolute atomic E-state index is 3.85. The quantitative estimate of drug-likeness (QED) is 0.814. The Bertz CT molecular complexity index is 497. The van der Waals surface area contributed by atoms with Crippen LogP contribution < -0.4 is 5.32 Å². The van der Waals surface area contributed by atoms with Crippen molar-refractivity contribution in [2.45, 2.75) is 26.3 Å². The van der Waals surface area contributed by atoms with E-state index in [1.165, 1.54) is 16.5 Å². The van der Waals surface area contributed by atoms with Crippen LogP contribution >= 0.6 is 0 Å². The molecule has 1 aromatic carbocycles.